The molecule has 2 heterocycles. The first-order chi connectivity index (χ1) is 8.54. The van der Waals surface area contributed by atoms with Crippen LogP contribution in [0.25, 0.3) is 0 Å². The normalized spacial score (nSPS) is 39.7. The lowest BCUT2D eigenvalue weighted by atomic mass is 10.1. The quantitative estimate of drug-likeness (QED) is 0.365. The highest BCUT2D eigenvalue weighted by molar-refractivity contribution is 5.89. The molecule has 1 saturated heterocycles. The molecule has 5 atom stereocenters. The number of carboxylic acid groups (broad SMARTS) is 1. The minimum atomic E-state index is -1.17. The van der Waals surface area contributed by atoms with E-state index in [4.69, 9.17) is 14.9 Å². The van der Waals surface area contributed by atoms with Crippen LogP contribution in [0.4, 0.5) is 0 Å². The number of ether oxygens (including phenoxy) is 1. The number of aliphatic carboxylic acids is 1. The Labute approximate surface area is 103 Å². The maximum absolute atomic E-state index is 10.9. The third-order valence-electron chi connectivity index (χ3n) is 3.15. The van der Waals surface area contributed by atoms with Crippen molar-refractivity contribution in [1.82, 2.24) is 0 Å². The predicted molar refractivity (Wildman–Crippen MR) is 58.4 cm³/mol. The molecule has 0 aromatic carbocycles. The highest BCUT2D eigenvalue weighted by Crippen LogP contribution is 2.18. The van der Waals surface area contributed by atoms with E-state index in [0.717, 1.165) is 0 Å². The van der Waals surface area contributed by atoms with E-state index < -0.39 is 37.1 Å². The van der Waals surface area contributed by atoms with Gasteiger partial charge < -0.3 is 25.2 Å². The Morgan fingerprint density at radius 1 is 1.44 bits per heavy atom. The Morgan fingerprint density at radius 2 is 2.17 bits per heavy atom. The van der Waals surface area contributed by atoms with Crippen LogP contribution in [0.2, 0.25) is 0 Å². The Kier molecular flexibility index (Phi) is 3.79. The fraction of sp³-hybridized carbons (Fsp3) is 0.545. The highest BCUT2D eigenvalue weighted by Gasteiger charge is 2.47. The lowest BCUT2D eigenvalue weighted by molar-refractivity contribution is -0.897. The summed E-state index contributed by atoms with van der Waals surface area (Å²) >= 11 is 0. The largest absolute Gasteiger partial charge is 0.477 e. The van der Waals surface area contributed by atoms with Crippen molar-refractivity contribution in [3.05, 3.63) is 23.9 Å². The fourth-order valence-corrected chi connectivity index (χ4v) is 2.17. The van der Waals surface area contributed by atoms with Crippen molar-refractivity contribution in [2.45, 2.75) is 24.5 Å². The van der Waals surface area contributed by atoms with E-state index >= 15 is 0 Å². The summed E-state index contributed by atoms with van der Waals surface area (Å²) in [6.45, 7) is 0.0523. The second kappa shape index (κ2) is 5.17. The molecule has 7 nitrogen and oxygen atoms in total. The van der Waals surface area contributed by atoms with Gasteiger partial charge in [-0.3, -0.25) is 4.90 Å². The average Bonchev–Trinajstić information content (AvgIpc) is 2.66. The maximum Gasteiger partial charge on any atom is 0.341 e. The number of aliphatic hydroxyl groups is 3. The second-order valence-electron chi connectivity index (χ2n) is 4.35. The Hall–Kier alpha value is -1.25. The topological polar surface area (TPSA) is 112 Å². The van der Waals surface area contributed by atoms with Crippen LogP contribution in [-0.4, -0.2) is 64.1 Å². The number of carboxylic acids is 1. The van der Waals surface area contributed by atoms with E-state index in [-0.39, 0.29) is 5.57 Å². The van der Waals surface area contributed by atoms with E-state index in [2.05, 4.69) is 0 Å². The van der Waals surface area contributed by atoms with Crippen LogP contribution in [0.3, 0.4) is 0 Å². The number of hydrogen-bond acceptors (Lipinski definition) is 5. The molecule has 2 aliphatic heterocycles. The molecular weight excluding hydrogens is 242 g/mol. The summed E-state index contributed by atoms with van der Waals surface area (Å²) in [4.78, 5) is 11.4. The van der Waals surface area contributed by atoms with Crippen LogP contribution in [-0.2, 0) is 9.53 Å². The molecule has 18 heavy (non-hydrogen) atoms. The van der Waals surface area contributed by atoms with Crippen LogP contribution < -0.4 is 4.90 Å². The molecule has 0 aromatic rings. The molecule has 0 aromatic heterocycles. The summed E-state index contributed by atoms with van der Waals surface area (Å²) in [5, 5.41) is 37.3. The van der Waals surface area contributed by atoms with Gasteiger partial charge in [0.1, 0.15) is 30.5 Å². The average molecular weight is 258 g/mol. The van der Waals surface area contributed by atoms with E-state index in [1.54, 1.807) is 6.08 Å². The molecule has 100 valence electrons. The van der Waals surface area contributed by atoms with Gasteiger partial charge in [0.25, 0.3) is 0 Å². The SMILES string of the molecule is O=C(O)C1=C[NH+](C2OC(CO)C(O)C2O)CC=C1. The lowest BCUT2D eigenvalue weighted by Gasteiger charge is -2.24. The fourth-order valence-electron chi connectivity index (χ4n) is 2.17. The molecule has 2 aliphatic rings. The van der Waals surface area contributed by atoms with Crippen LogP contribution in [0, 0.1) is 0 Å². The first-order valence-corrected chi connectivity index (χ1v) is 5.64. The number of quaternary nitrogens is 1. The van der Waals surface area contributed by atoms with E-state index in [9.17, 15) is 15.0 Å². The Balaban J connectivity index is 2.13. The second-order valence-corrected chi connectivity index (χ2v) is 4.35. The molecule has 7 heteroatoms. The number of hydrogen-bond donors (Lipinski definition) is 5. The van der Waals surface area contributed by atoms with Crippen LogP contribution >= 0.6 is 0 Å². The van der Waals surface area contributed by atoms with Crippen molar-refractivity contribution in [3.8, 4) is 0 Å². The summed E-state index contributed by atoms with van der Waals surface area (Å²) in [5.74, 6) is -1.06. The molecule has 1 fully saturated rings. The molecule has 0 saturated carbocycles. The zero-order valence-electron chi connectivity index (χ0n) is 9.56. The monoisotopic (exact) mass is 258 g/mol. The summed E-state index contributed by atoms with van der Waals surface area (Å²) in [6.07, 6.45) is 0.625. The van der Waals surface area contributed by atoms with Crippen molar-refractivity contribution in [2.24, 2.45) is 0 Å². The van der Waals surface area contributed by atoms with Gasteiger partial charge in [-0.15, -0.1) is 0 Å². The molecule has 0 bridgehead atoms. The third kappa shape index (κ3) is 2.31. The van der Waals surface area contributed by atoms with E-state index in [0.29, 0.717) is 11.4 Å². The Bertz CT molecular complexity index is 393. The van der Waals surface area contributed by atoms with Crippen LogP contribution in [0.5, 0.6) is 0 Å². The molecule has 5 unspecified atom stereocenters. The van der Waals surface area contributed by atoms with E-state index in [1.165, 1.54) is 12.3 Å². The standard InChI is InChI=1S/C11H15NO6/c13-5-7-8(14)9(15)10(18-7)12-3-1-2-6(4-12)11(16)17/h1-2,4,7-10,13-15H,3,5H2,(H,16,17)/p+1. The Morgan fingerprint density at radius 3 is 2.72 bits per heavy atom. The molecule has 0 spiro atoms. The number of carbonyl (C=O) groups is 1. The minimum Gasteiger partial charge on any atom is -0.477 e. The zero-order valence-corrected chi connectivity index (χ0v) is 9.56. The number of nitrogens with one attached hydrogen (secondary N) is 1. The molecule has 5 N–H and O–H groups in total. The number of aliphatic hydroxyl groups excluding tert-OH is 3. The van der Waals surface area contributed by atoms with Gasteiger partial charge in [-0.2, -0.15) is 0 Å². The molecule has 0 amide bonds. The van der Waals surface area contributed by atoms with E-state index in [1.807, 2.05) is 0 Å². The lowest BCUT2D eigenvalue weighted by Crippen LogP contribution is -3.13. The van der Waals surface area contributed by atoms with Crippen molar-refractivity contribution in [3.63, 3.8) is 0 Å². The van der Waals surface area contributed by atoms with Gasteiger partial charge in [-0.25, -0.2) is 4.79 Å². The first kappa shape index (κ1) is 13.2. The van der Waals surface area contributed by atoms with Gasteiger partial charge in [0.2, 0.25) is 6.23 Å². The van der Waals surface area contributed by atoms with Gasteiger partial charge in [-0.05, 0) is 12.2 Å². The van der Waals surface area contributed by atoms with Crippen LogP contribution in [0.15, 0.2) is 23.9 Å². The molecule has 0 radical (unpaired) electrons. The maximum atomic E-state index is 10.9. The highest BCUT2D eigenvalue weighted by atomic mass is 16.6. The van der Waals surface area contributed by atoms with Gasteiger partial charge in [0, 0.05) is 0 Å². The van der Waals surface area contributed by atoms with Gasteiger partial charge in [0.15, 0.2) is 6.10 Å². The summed E-state index contributed by atoms with van der Waals surface area (Å²) in [5.41, 5.74) is 0.106. The summed E-state index contributed by atoms with van der Waals surface area (Å²) < 4.78 is 5.34. The van der Waals surface area contributed by atoms with Crippen molar-refractivity contribution >= 4 is 5.97 Å². The van der Waals surface area contributed by atoms with Gasteiger partial charge in [-0.1, -0.05) is 0 Å². The predicted octanol–water partition coefficient (Wildman–Crippen LogP) is -3.15. The summed E-state index contributed by atoms with van der Waals surface area (Å²) in [7, 11) is 0. The van der Waals surface area contributed by atoms with Gasteiger partial charge in [0.05, 0.1) is 6.61 Å². The minimum absolute atomic E-state index is 0.106. The molecular formula is C11H16NO6+. The third-order valence-corrected chi connectivity index (χ3v) is 3.15. The summed E-state index contributed by atoms with van der Waals surface area (Å²) in [6, 6.07) is 0. The molecule has 0 aliphatic carbocycles. The number of rotatable bonds is 3. The smallest absolute Gasteiger partial charge is 0.341 e. The van der Waals surface area contributed by atoms with Crippen molar-refractivity contribution in [2.75, 3.05) is 13.2 Å². The zero-order chi connectivity index (χ0) is 13.3. The molecule has 2 rings (SSSR count). The van der Waals surface area contributed by atoms with Crippen LogP contribution in [0.1, 0.15) is 0 Å². The van der Waals surface area contributed by atoms with Crippen molar-refractivity contribution in [1.29, 1.82) is 0 Å². The van der Waals surface area contributed by atoms with Gasteiger partial charge >= 0.3 is 5.97 Å². The first-order valence-electron chi connectivity index (χ1n) is 5.64. The van der Waals surface area contributed by atoms with Crippen molar-refractivity contribution < 1.29 is 34.9 Å².